The zero-order valence-electron chi connectivity index (χ0n) is 17.8. The number of benzene rings is 2. The van der Waals surface area contributed by atoms with Crippen molar-refractivity contribution in [2.24, 2.45) is 0 Å². The molecule has 32 heavy (non-hydrogen) atoms. The number of piperazine rings is 1. The maximum absolute atomic E-state index is 13.0. The van der Waals surface area contributed by atoms with Gasteiger partial charge in [0, 0.05) is 55.1 Å². The van der Waals surface area contributed by atoms with Gasteiger partial charge in [0.25, 0.3) is 15.9 Å². The predicted octanol–water partition coefficient (Wildman–Crippen LogP) is 3.35. The first kappa shape index (κ1) is 20.9. The van der Waals surface area contributed by atoms with Gasteiger partial charge in [0.1, 0.15) is 4.90 Å². The number of pyridine rings is 1. The molecule has 7 nitrogen and oxygen atoms in total. The Hall–Kier alpha value is -2.97. The van der Waals surface area contributed by atoms with E-state index in [1.165, 1.54) is 19.3 Å². The van der Waals surface area contributed by atoms with Gasteiger partial charge in [-0.2, -0.15) is 0 Å². The summed E-state index contributed by atoms with van der Waals surface area (Å²) in [6.45, 7) is 3.32. The molecule has 1 aromatic heterocycles. The molecule has 0 bridgehead atoms. The molecular weight excluding hydrogens is 424 g/mol. The minimum atomic E-state index is -3.82. The third-order valence-corrected chi connectivity index (χ3v) is 7.87. The molecule has 0 radical (unpaired) electrons. The highest BCUT2D eigenvalue weighted by atomic mass is 32.2. The summed E-state index contributed by atoms with van der Waals surface area (Å²) in [7, 11) is -3.82. The maximum Gasteiger partial charge on any atom is 0.264 e. The van der Waals surface area contributed by atoms with Gasteiger partial charge in [-0.1, -0.05) is 24.6 Å². The van der Waals surface area contributed by atoms with E-state index >= 15 is 0 Å². The molecule has 1 saturated carbocycles. The lowest BCUT2D eigenvalue weighted by molar-refractivity contribution is 0.0455. The van der Waals surface area contributed by atoms with Crippen LogP contribution in [0.1, 0.15) is 29.6 Å². The second kappa shape index (κ2) is 8.52. The van der Waals surface area contributed by atoms with E-state index in [1.807, 2.05) is 17.0 Å². The van der Waals surface area contributed by atoms with Crippen molar-refractivity contribution < 1.29 is 13.2 Å². The number of para-hydroxylation sites is 1. The van der Waals surface area contributed by atoms with Crippen LogP contribution in [-0.2, 0) is 10.0 Å². The number of nitrogens with zero attached hydrogens (tertiary/aromatic N) is 3. The quantitative estimate of drug-likeness (QED) is 0.645. The van der Waals surface area contributed by atoms with Crippen molar-refractivity contribution in [3.8, 4) is 0 Å². The molecule has 2 fully saturated rings. The summed E-state index contributed by atoms with van der Waals surface area (Å²) in [6, 6.07) is 16.0. The number of hydrogen-bond acceptors (Lipinski definition) is 5. The number of rotatable bonds is 5. The lowest BCUT2D eigenvalue weighted by Crippen LogP contribution is -2.53. The van der Waals surface area contributed by atoms with E-state index in [0.717, 1.165) is 31.6 Å². The first-order chi connectivity index (χ1) is 15.5. The number of amides is 1. The molecule has 2 aromatic carbocycles. The van der Waals surface area contributed by atoms with Crippen molar-refractivity contribution in [1.29, 1.82) is 0 Å². The molecule has 5 rings (SSSR count). The van der Waals surface area contributed by atoms with E-state index in [0.29, 0.717) is 22.8 Å². The Morgan fingerprint density at radius 3 is 2.34 bits per heavy atom. The summed E-state index contributed by atoms with van der Waals surface area (Å²) < 4.78 is 28.5. The van der Waals surface area contributed by atoms with Gasteiger partial charge in [0.15, 0.2) is 0 Å². The van der Waals surface area contributed by atoms with Gasteiger partial charge in [-0.15, -0.1) is 0 Å². The van der Waals surface area contributed by atoms with Crippen LogP contribution >= 0.6 is 0 Å². The second-order valence-electron chi connectivity index (χ2n) is 8.43. The standard InChI is InChI=1S/C24H26N4O3S/c29-24(28-16-14-27(15-17-28)21-6-2-7-21)19-9-11-20(12-10-19)26-32(30,31)22-8-1-4-18-5-3-13-25-23(18)22/h1,3-5,8-13,21,26H,2,6-7,14-17H2. The van der Waals surface area contributed by atoms with E-state index in [-0.39, 0.29) is 10.8 Å². The van der Waals surface area contributed by atoms with E-state index in [2.05, 4.69) is 14.6 Å². The molecule has 1 N–H and O–H groups in total. The van der Waals surface area contributed by atoms with Gasteiger partial charge in [0.05, 0.1) is 5.52 Å². The van der Waals surface area contributed by atoms with Crippen LogP contribution in [0.5, 0.6) is 0 Å². The molecule has 1 aliphatic carbocycles. The molecule has 0 unspecified atom stereocenters. The molecule has 3 aromatic rings. The van der Waals surface area contributed by atoms with Crippen LogP contribution in [0.4, 0.5) is 5.69 Å². The highest BCUT2D eigenvalue weighted by Gasteiger charge is 2.29. The first-order valence-electron chi connectivity index (χ1n) is 11.0. The lowest BCUT2D eigenvalue weighted by atomic mass is 9.91. The second-order valence-corrected chi connectivity index (χ2v) is 10.1. The Bertz CT molecular complexity index is 1230. The topological polar surface area (TPSA) is 82.6 Å². The molecule has 1 aliphatic heterocycles. The van der Waals surface area contributed by atoms with Crippen LogP contribution in [-0.4, -0.2) is 61.3 Å². The molecule has 2 aliphatic rings. The fourth-order valence-corrected chi connectivity index (χ4v) is 5.65. The summed E-state index contributed by atoms with van der Waals surface area (Å²) in [5, 5.41) is 0.758. The summed E-state index contributed by atoms with van der Waals surface area (Å²) >= 11 is 0. The zero-order chi connectivity index (χ0) is 22.1. The molecule has 8 heteroatoms. The van der Waals surface area contributed by atoms with Crippen molar-refractivity contribution in [2.45, 2.75) is 30.2 Å². The Kier molecular flexibility index (Phi) is 5.57. The number of carbonyl (C=O) groups excluding carboxylic acids is 1. The Labute approximate surface area is 188 Å². The third kappa shape index (κ3) is 4.08. The average Bonchev–Trinajstić information content (AvgIpc) is 2.78. The minimum absolute atomic E-state index is 0.00841. The number of carbonyl (C=O) groups is 1. The molecular formula is C24H26N4O3S. The molecule has 1 saturated heterocycles. The van der Waals surface area contributed by atoms with E-state index in [1.54, 1.807) is 48.7 Å². The normalized spacial score (nSPS) is 17.8. The number of aromatic nitrogens is 1. The summed E-state index contributed by atoms with van der Waals surface area (Å²) in [5.41, 5.74) is 1.40. The number of fused-ring (bicyclic) bond motifs is 1. The molecule has 166 valence electrons. The maximum atomic E-state index is 13.0. The largest absolute Gasteiger partial charge is 0.336 e. The smallest absolute Gasteiger partial charge is 0.264 e. The van der Waals surface area contributed by atoms with Crippen LogP contribution in [0.15, 0.2) is 65.7 Å². The van der Waals surface area contributed by atoms with E-state index in [4.69, 9.17) is 0 Å². The van der Waals surface area contributed by atoms with Gasteiger partial charge < -0.3 is 4.90 Å². The van der Waals surface area contributed by atoms with Gasteiger partial charge in [-0.3, -0.25) is 19.4 Å². The number of nitrogens with one attached hydrogen (secondary N) is 1. The Morgan fingerprint density at radius 1 is 0.938 bits per heavy atom. The Balaban J connectivity index is 1.27. The highest BCUT2D eigenvalue weighted by Crippen LogP contribution is 2.26. The summed E-state index contributed by atoms with van der Waals surface area (Å²) in [4.78, 5) is 21.6. The first-order valence-corrected chi connectivity index (χ1v) is 12.5. The van der Waals surface area contributed by atoms with Crippen molar-refractivity contribution in [3.05, 3.63) is 66.4 Å². The Morgan fingerprint density at radius 2 is 1.66 bits per heavy atom. The van der Waals surface area contributed by atoms with Crippen molar-refractivity contribution >= 4 is 32.5 Å². The highest BCUT2D eigenvalue weighted by molar-refractivity contribution is 7.93. The number of sulfonamides is 1. The van der Waals surface area contributed by atoms with Crippen LogP contribution in [0, 0.1) is 0 Å². The summed E-state index contributed by atoms with van der Waals surface area (Å²) in [6.07, 6.45) is 5.45. The average molecular weight is 451 g/mol. The monoisotopic (exact) mass is 450 g/mol. The molecule has 0 spiro atoms. The number of anilines is 1. The van der Waals surface area contributed by atoms with Crippen LogP contribution in [0.25, 0.3) is 10.9 Å². The van der Waals surface area contributed by atoms with Crippen molar-refractivity contribution in [2.75, 3.05) is 30.9 Å². The minimum Gasteiger partial charge on any atom is -0.336 e. The fraction of sp³-hybridized carbons (Fsp3) is 0.333. The van der Waals surface area contributed by atoms with Crippen molar-refractivity contribution in [3.63, 3.8) is 0 Å². The fourth-order valence-electron chi connectivity index (χ4n) is 4.41. The van der Waals surface area contributed by atoms with Gasteiger partial charge in [0.2, 0.25) is 0 Å². The molecule has 0 atom stereocenters. The number of hydrogen-bond donors (Lipinski definition) is 1. The van der Waals surface area contributed by atoms with Gasteiger partial charge >= 0.3 is 0 Å². The van der Waals surface area contributed by atoms with Gasteiger partial charge in [-0.05, 0) is 49.2 Å². The lowest BCUT2D eigenvalue weighted by Gasteiger charge is -2.42. The molecule has 1 amide bonds. The zero-order valence-corrected chi connectivity index (χ0v) is 18.6. The molecule has 2 heterocycles. The van der Waals surface area contributed by atoms with Crippen LogP contribution in [0.2, 0.25) is 0 Å². The SMILES string of the molecule is O=C(c1ccc(NS(=O)(=O)c2cccc3cccnc23)cc1)N1CCN(C2CCC2)CC1. The van der Waals surface area contributed by atoms with Crippen LogP contribution < -0.4 is 4.72 Å². The third-order valence-electron chi connectivity index (χ3n) is 6.46. The predicted molar refractivity (Wildman–Crippen MR) is 124 cm³/mol. The van der Waals surface area contributed by atoms with Crippen LogP contribution in [0.3, 0.4) is 0 Å². The summed E-state index contributed by atoms with van der Waals surface area (Å²) in [5.74, 6) is -0.00841. The van der Waals surface area contributed by atoms with Crippen molar-refractivity contribution in [1.82, 2.24) is 14.8 Å². The van der Waals surface area contributed by atoms with Gasteiger partial charge in [-0.25, -0.2) is 8.42 Å². The van der Waals surface area contributed by atoms with E-state index in [9.17, 15) is 13.2 Å². The van der Waals surface area contributed by atoms with E-state index < -0.39 is 10.0 Å².